The second-order valence-electron chi connectivity index (χ2n) is 4.74. The van der Waals surface area contributed by atoms with Gasteiger partial charge in [-0.2, -0.15) is 0 Å². The van der Waals surface area contributed by atoms with Crippen LogP contribution in [0.25, 0.3) is 0 Å². The van der Waals surface area contributed by atoms with Crippen molar-refractivity contribution in [2.45, 2.75) is 6.92 Å². The number of rotatable bonds is 3. The van der Waals surface area contributed by atoms with E-state index in [4.69, 9.17) is 0 Å². The van der Waals surface area contributed by atoms with Crippen molar-refractivity contribution >= 4 is 11.5 Å². The zero-order valence-electron chi connectivity index (χ0n) is 11.3. The summed E-state index contributed by atoms with van der Waals surface area (Å²) in [6.07, 6.45) is 0. The molecule has 98 valence electrons. The van der Waals surface area contributed by atoms with E-state index in [-0.39, 0.29) is 11.5 Å². The van der Waals surface area contributed by atoms with Crippen molar-refractivity contribution in [3.05, 3.63) is 59.2 Å². The zero-order chi connectivity index (χ0) is 14.0. The topological polar surface area (TPSA) is 40.5 Å². The van der Waals surface area contributed by atoms with E-state index in [0.29, 0.717) is 11.1 Å². The Kier molecular flexibility index (Phi) is 3.56. The Labute approximate surface area is 113 Å². The maximum atomic E-state index is 12.6. The molecule has 19 heavy (non-hydrogen) atoms. The molecular weight excluding hydrogens is 238 g/mol. The second kappa shape index (κ2) is 5.14. The van der Waals surface area contributed by atoms with Crippen LogP contribution >= 0.6 is 0 Å². The van der Waals surface area contributed by atoms with E-state index in [0.717, 1.165) is 11.3 Å². The summed E-state index contributed by atoms with van der Waals surface area (Å²) in [6, 6.07) is 12.3. The molecular formula is C16H17NO2. The highest BCUT2D eigenvalue weighted by atomic mass is 16.3. The Hall–Kier alpha value is -2.29. The van der Waals surface area contributed by atoms with Crippen molar-refractivity contribution in [2.24, 2.45) is 0 Å². The Morgan fingerprint density at radius 3 is 2.37 bits per heavy atom. The summed E-state index contributed by atoms with van der Waals surface area (Å²) in [4.78, 5) is 14.5. The van der Waals surface area contributed by atoms with Crippen molar-refractivity contribution in [3.63, 3.8) is 0 Å². The third-order valence-electron chi connectivity index (χ3n) is 3.09. The van der Waals surface area contributed by atoms with Crippen molar-refractivity contribution in [3.8, 4) is 5.75 Å². The Morgan fingerprint density at radius 2 is 1.74 bits per heavy atom. The fourth-order valence-electron chi connectivity index (χ4n) is 2.10. The summed E-state index contributed by atoms with van der Waals surface area (Å²) >= 11 is 0. The molecule has 0 heterocycles. The summed E-state index contributed by atoms with van der Waals surface area (Å²) in [5, 5.41) is 9.41. The molecule has 2 rings (SSSR count). The van der Waals surface area contributed by atoms with Crippen LogP contribution in [0, 0.1) is 6.92 Å². The molecule has 0 fully saturated rings. The van der Waals surface area contributed by atoms with Gasteiger partial charge in [0.15, 0.2) is 5.78 Å². The minimum Gasteiger partial charge on any atom is -0.508 e. The molecule has 0 unspecified atom stereocenters. The first kappa shape index (κ1) is 13.1. The first-order valence-electron chi connectivity index (χ1n) is 6.11. The Bertz CT molecular complexity index is 618. The van der Waals surface area contributed by atoms with Crippen LogP contribution in [0.4, 0.5) is 5.69 Å². The van der Waals surface area contributed by atoms with Gasteiger partial charge in [0, 0.05) is 30.9 Å². The number of hydrogen-bond donors (Lipinski definition) is 1. The van der Waals surface area contributed by atoms with E-state index >= 15 is 0 Å². The number of ketones is 1. The smallest absolute Gasteiger partial charge is 0.195 e. The molecule has 0 aliphatic rings. The maximum absolute atomic E-state index is 12.6. The normalized spacial score (nSPS) is 10.3. The maximum Gasteiger partial charge on any atom is 0.195 e. The third-order valence-corrected chi connectivity index (χ3v) is 3.09. The first-order chi connectivity index (χ1) is 9.00. The lowest BCUT2D eigenvalue weighted by Gasteiger charge is -2.17. The third kappa shape index (κ3) is 2.60. The number of aryl methyl sites for hydroxylation is 1. The van der Waals surface area contributed by atoms with Crippen molar-refractivity contribution in [1.29, 1.82) is 0 Å². The molecule has 0 aliphatic carbocycles. The molecule has 0 spiro atoms. The highest BCUT2D eigenvalue weighted by Crippen LogP contribution is 2.24. The van der Waals surface area contributed by atoms with Crippen LogP contribution in [0.15, 0.2) is 42.5 Å². The molecule has 1 N–H and O–H groups in total. The van der Waals surface area contributed by atoms with E-state index in [1.807, 2.05) is 50.2 Å². The average molecular weight is 255 g/mol. The SMILES string of the molecule is Cc1cc(O)ccc1C(=O)c1ccccc1N(C)C. The van der Waals surface area contributed by atoms with E-state index in [1.54, 1.807) is 18.2 Å². The predicted octanol–water partition coefficient (Wildman–Crippen LogP) is 3.00. The van der Waals surface area contributed by atoms with Gasteiger partial charge in [-0.25, -0.2) is 0 Å². The fourth-order valence-corrected chi connectivity index (χ4v) is 2.10. The molecule has 3 nitrogen and oxygen atoms in total. The summed E-state index contributed by atoms with van der Waals surface area (Å²) in [7, 11) is 3.82. The van der Waals surface area contributed by atoms with Crippen LogP contribution in [0.5, 0.6) is 5.75 Å². The van der Waals surface area contributed by atoms with Crippen LogP contribution in [0.2, 0.25) is 0 Å². The van der Waals surface area contributed by atoms with E-state index in [9.17, 15) is 9.90 Å². The second-order valence-corrected chi connectivity index (χ2v) is 4.74. The fraction of sp³-hybridized carbons (Fsp3) is 0.188. The summed E-state index contributed by atoms with van der Waals surface area (Å²) in [5.41, 5.74) is 2.95. The molecule has 0 bridgehead atoms. The number of hydrogen-bond acceptors (Lipinski definition) is 3. The van der Waals surface area contributed by atoms with Gasteiger partial charge in [0.1, 0.15) is 5.75 Å². The number of carbonyl (C=O) groups excluding carboxylic acids is 1. The number of aromatic hydroxyl groups is 1. The molecule has 0 saturated heterocycles. The summed E-state index contributed by atoms with van der Waals surface area (Å²) < 4.78 is 0. The largest absolute Gasteiger partial charge is 0.508 e. The number of phenolic OH excluding ortho intramolecular Hbond substituents is 1. The quantitative estimate of drug-likeness (QED) is 0.857. The van der Waals surface area contributed by atoms with Crippen molar-refractivity contribution < 1.29 is 9.90 Å². The van der Waals surface area contributed by atoms with Gasteiger partial charge in [0.2, 0.25) is 0 Å². The zero-order valence-corrected chi connectivity index (χ0v) is 11.3. The Balaban J connectivity index is 2.50. The van der Waals surface area contributed by atoms with Crippen LogP contribution in [-0.4, -0.2) is 25.0 Å². The molecule has 0 radical (unpaired) electrons. The van der Waals surface area contributed by atoms with Gasteiger partial charge in [-0.1, -0.05) is 12.1 Å². The number of carbonyl (C=O) groups is 1. The highest BCUT2D eigenvalue weighted by Gasteiger charge is 2.16. The van der Waals surface area contributed by atoms with Gasteiger partial charge in [0.25, 0.3) is 0 Å². The van der Waals surface area contributed by atoms with E-state index in [1.165, 1.54) is 0 Å². The lowest BCUT2D eigenvalue weighted by molar-refractivity contribution is 0.103. The number of benzene rings is 2. The standard InChI is InChI=1S/C16H17NO2/c1-11-10-12(18)8-9-13(11)16(19)14-6-4-5-7-15(14)17(2)3/h4-10,18H,1-3H3. The van der Waals surface area contributed by atoms with E-state index < -0.39 is 0 Å². The average Bonchev–Trinajstić information content (AvgIpc) is 2.38. The number of nitrogens with zero attached hydrogens (tertiary/aromatic N) is 1. The van der Waals surface area contributed by atoms with E-state index in [2.05, 4.69) is 0 Å². The summed E-state index contributed by atoms with van der Waals surface area (Å²) in [5.74, 6) is 0.150. The van der Waals surface area contributed by atoms with Crippen molar-refractivity contribution in [1.82, 2.24) is 0 Å². The minimum absolute atomic E-state index is 0.0261. The lowest BCUT2D eigenvalue weighted by Crippen LogP contribution is -2.14. The van der Waals surface area contributed by atoms with Crippen LogP contribution in [0.1, 0.15) is 21.5 Å². The first-order valence-corrected chi connectivity index (χ1v) is 6.11. The van der Waals surface area contributed by atoms with Gasteiger partial charge in [-0.15, -0.1) is 0 Å². The minimum atomic E-state index is -0.0261. The molecule has 0 aromatic heterocycles. The predicted molar refractivity (Wildman–Crippen MR) is 77.0 cm³/mol. The number of para-hydroxylation sites is 1. The number of anilines is 1. The van der Waals surface area contributed by atoms with Gasteiger partial charge in [-0.05, 0) is 42.8 Å². The van der Waals surface area contributed by atoms with Crippen LogP contribution in [0.3, 0.4) is 0 Å². The molecule has 2 aromatic carbocycles. The molecule has 0 amide bonds. The van der Waals surface area contributed by atoms with Crippen LogP contribution in [-0.2, 0) is 0 Å². The van der Waals surface area contributed by atoms with Gasteiger partial charge in [0.05, 0.1) is 0 Å². The number of phenols is 1. The van der Waals surface area contributed by atoms with Gasteiger partial charge < -0.3 is 10.0 Å². The lowest BCUT2D eigenvalue weighted by atomic mass is 9.97. The van der Waals surface area contributed by atoms with Crippen molar-refractivity contribution in [2.75, 3.05) is 19.0 Å². The molecule has 2 aromatic rings. The molecule has 0 saturated carbocycles. The van der Waals surface area contributed by atoms with Gasteiger partial charge in [-0.3, -0.25) is 4.79 Å². The highest BCUT2D eigenvalue weighted by molar-refractivity contribution is 6.13. The van der Waals surface area contributed by atoms with Gasteiger partial charge >= 0.3 is 0 Å². The molecule has 0 atom stereocenters. The monoisotopic (exact) mass is 255 g/mol. The summed E-state index contributed by atoms with van der Waals surface area (Å²) in [6.45, 7) is 1.82. The van der Waals surface area contributed by atoms with Crippen LogP contribution < -0.4 is 4.90 Å². The molecule has 0 aliphatic heterocycles. The Morgan fingerprint density at radius 1 is 1.05 bits per heavy atom. The molecule has 3 heteroatoms.